The Morgan fingerprint density at radius 2 is 1.00 bits per heavy atom. The molecule has 168 valence electrons. The van der Waals surface area contributed by atoms with Crippen LogP contribution in [0.25, 0.3) is 0 Å². The highest BCUT2D eigenvalue weighted by Gasteiger charge is 2.00. The lowest BCUT2D eigenvalue weighted by Gasteiger charge is -2.04. The summed E-state index contributed by atoms with van der Waals surface area (Å²) in [6.45, 7) is 6.26. The van der Waals surface area contributed by atoms with Crippen molar-refractivity contribution in [3.05, 3.63) is 24.8 Å². The smallest absolute Gasteiger partial charge is 0.331 e. The highest BCUT2D eigenvalue weighted by atomic mass is 16.5. The molecule has 0 spiro atoms. The molecule has 0 aliphatic carbocycles. The van der Waals surface area contributed by atoms with Crippen molar-refractivity contribution < 1.29 is 19.1 Å². The van der Waals surface area contributed by atoms with Crippen molar-refractivity contribution in [2.45, 2.75) is 110 Å². The van der Waals surface area contributed by atoms with Gasteiger partial charge in [-0.2, -0.15) is 0 Å². The van der Waals surface area contributed by atoms with E-state index >= 15 is 0 Å². The van der Waals surface area contributed by atoms with Crippen LogP contribution >= 0.6 is 0 Å². The third-order valence-electron chi connectivity index (χ3n) is 4.94. The van der Waals surface area contributed by atoms with E-state index in [0.29, 0.717) is 6.61 Å². The fraction of sp³-hybridized carbons (Fsp3) is 0.760. The first-order chi connectivity index (χ1) is 14.2. The van der Waals surface area contributed by atoms with Crippen molar-refractivity contribution in [2.24, 2.45) is 0 Å². The van der Waals surface area contributed by atoms with Gasteiger partial charge in [-0.1, -0.05) is 116 Å². The zero-order valence-corrected chi connectivity index (χ0v) is 18.8. The molecule has 4 heteroatoms. The molecule has 0 N–H and O–H groups in total. The summed E-state index contributed by atoms with van der Waals surface area (Å²) in [5, 5.41) is 0. The first-order valence-corrected chi connectivity index (χ1v) is 11.8. The lowest BCUT2D eigenvalue weighted by molar-refractivity contribution is -0.140. The second-order valence-electron chi connectivity index (χ2n) is 7.72. The van der Waals surface area contributed by atoms with E-state index in [2.05, 4.69) is 13.5 Å². The summed E-state index contributed by atoms with van der Waals surface area (Å²) in [6.07, 6.45) is 24.7. The molecule has 0 saturated carbocycles. The van der Waals surface area contributed by atoms with Gasteiger partial charge < -0.3 is 9.47 Å². The van der Waals surface area contributed by atoms with Crippen LogP contribution in [0, 0.1) is 0 Å². The standard InChI is InChI=1S/C25H44O4/c1-3-5-6-7-8-9-10-11-12-13-14-15-16-17-18-19-23-29-25(27)21-20-24(26)28-22-4-2/h4,20-21H,2-3,5-19,22-23H2,1H3. The van der Waals surface area contributed by atoms with Gasteiger partial charge in [-0.15, -0.1) is 0 Å². The van der Waals surface area contributed by atoms with E-state index in [1.807, 2.05) is 0 Å². The Hall–Kier alpha value is -1.58. The van der Waals surface area contributed by atoms with Gasteiger partial charge in [0, 0.05) is 12.2 Å². The van der Waals surface area contributed by atoms with Gasteiger partial charge in [-0.25, -0.2) is 9.59 Å². The van der Waals surface area contributed by atoms with E-state index in [4.69, 9.17) is 9.47 Å². The van der Waals surface area contributed by atoms with Gasteiger partial charge >= 0.3 is 11.9 Å². The lowest BCUT2D eigenvalue weighted by Crippen LogP contribution is -2.05. The number of esters is 2. The van der Waals surface area contributed by atoms with Crippen molar-refractivity contribution in [1.82, 2.24) is 0 Å². The first kappa shape index (κ1) is 27.4. The predicted octanol–water partition coefficient (Wildman–Crippen LogP) is 7.08. The van der Waals surface area contributed by atoms with Crippen molar-refractivity contribution >= 4 is 11.9 Å². The van der Waals surface area contributed by atoms with Gasteiger partial charge in [0.05, 0.1) is 6.61 Å². The third kappa shape index (κ3) is 22.6. The van der Waals surface area contributed by atoms with Crippen LogP contribution in [0.5, 0.6) is 0 Å². The van der Waals surface area contributed by atoms with Crippen molar-refractivity contribution in [3.8, 4) is 0 Å². The van der Waals surface area contributed by atoms with Gasteiger partial charge in [0.1, 0.15) is 6.61 Å². The fourth-order valence-corrected chi connectivity index (χ4v) is 3.20. The topological polar surface area (TPSA) is 52.6 Å². The highest BCUT2D eigenvalue weighted by Crippen LogP contribution is 2.13. The molecule has 0 unspecified atom stereocenters. The SMILES string of the molecule is C=CCOC(=O)C=CC(=O)OCCCCCCCCCCCCCCCCCC. The second kappa shape index (κ2) is 22.7. The van der Waals surface area contributed by atoms with Crippen LogP contribution in [0.3, 0.4) is 0 Å². The predicted molar refractivity (Wildman–Crippen MR) is 121 cm³/mol. The summed E-state index contributed by atoms with van der Waals surface area (Å²) in [6, 6.07) is 0. The van der Waals surface area contributed by atoms with Crippen LogP contribution < -0.4 is 0 Å². The Labute approximate surface area is 179 Å². The molecule has 0 aromatic heterocycles. The number of hydrogen-bond donors (Lipinski definition) is 0. The Morgan fingerprint density at radius 3 is 1.41 bits per heavy atom. The quantitative estimate of drug-likeness (QED) is 0.0881. The molecule has 0 bridgehead atoms. The monoisotopic (exact) mass is 408 g/mol. The molecular formula is C25H44O4. The minimum absolute atomic E-state index is 0.136. The lowest BCUT2D eigenvalue weighted by atomic mass is 10.0. The number of unbranched alkanes of at least 4 members (excludes halogenated alkanes) is 15. The molecular weight excluding hydrogens is 364 g/mol. The average molecular weight is 409 g/mol. The molecule has 0 radical (unpaired) electrons. The van der Waals surface area contributed by atoms with Gasteiger partial charge in [-0.05, 0) is 6.42 Å². The van der Waals surface area contributed by atoms with Gasteiger partial charge in [0.2, 0.25) is 0 Å². The third-order valence-corrected chi connectivity index (χ3v) is 4.94. The maximum Gasteiger partial charge on any atom is 0.331 e. The van der Waals surface area contributed by atoms with Crippen LogP contribution in [0.1, 0.15) is 110 Å². The normalized spacial score (nSPS) is 10.9. The molecule has 0 heterocycles. The minimum Gasteiger partial charge on any atom is -0.463 e. The van der Waals surface area contributed by atoms with Crippen LogP contribution in [-0.4, -0.2) is 25.2 Å². The van der Waals surface area contributed by atoms with Crippen molar-refractivity contribution in [3.63, 3.8) is 0 Å². The maximum atomic E-state index is 11.4. The van der Waals surface area contributed by atoms with E-state index in [9.17, 15) is 9.59 Å². The van der Waals surface area contributed by atoms with E-state index < -0.39 is 11.9 Å². The second-order valence-corrected chi connectivity index (χ2v) is 7.72. The molecule has 0 aliphatic rings. The van der Waals surface area contributed by atoms with Crippen molar-refractivity contribution in [1.29, 1.82) is 0 Å². The van der Waals surface area contributed by atoms with E-state index in [1.54, 1.807) is 0 Å². The Morgan fingerprint density at radius 1 is 0.621 bits per heavy atom. The van der Waals surface area contributed by atoms with Gasteiger partial charge in [0.25, 0.3) is 0 Å². The number of carbonyl (C=O) groups excluding carboxylic acids is 2. The molecule has 0 rings (SSSR count). The fourth-order valence-electron chi connectivity index (χ4n) is 3.20. The summed E-state index contributed by atoms with van der Waals surface area (Å²) < 4.78 is 9.79. The molecule has 0 aliphatic heterocycles. The van der Waals surface area contributed by atoms with E-state index in [0.717, 1.165) is 25.0 Å². The zero-order valence-electron chi connectivity index (χ0n) is 18.8. The van der Waals surface area contributed by atoms with Gasteiger partial charge in [-0.3, -0.25) is 0 Å². The maximum absolute atomic E-state index is 11.4. The molecule has 0 atom stereocenters. The highest BCUT2D eigenvalue weighted by molar-refractivity contribution is 5.91. The molecule has 4 nitrogen and oxygen atoms in total. The Balaban J connectivity index is 3.25. The number of rotatable bonds is 21. The number of hydrogen-bond acceptors (Lipinski definition) is 4. The van der Waals surface area contributed by atoms with E-state index in [1.165, 1.54) is 96.0 Å². The van der Waals surface area contributed by atoms with E-state index in [-0.39, 0.29) is 6.61 Å². The van der Waals surface area contributed by atoms with Crippen molar-refractivity contribution in [2.75, 3.05) is 13.2 Å². The largest absolute Gasteiger partial charge is 0.463 e. The molecule has 0 amide bonds. The van der Waals surface area contributed by atoms with Crippen LogP contribution in [0.15, 0.2) is 24.8 Å². The molecule has 0 aromatic rings. The Bertz CT molecular complexity index is 429. The van der Waals surface area contributed by atoms with Gasteiger partial charge in [0.15, 0.2) is 0 Å². The van der Waals surface area contributed by atoms with Crippen LogP contribution in [0.2, 0.25) is 0 Å². The summed E-state index contributed by atoms with van der Waals surface area (Å²) in [5.74, 6) is -1.06. The first-order valence-electron chi connectivity index (χ1n) is 11.8. The molecule has 0 saturated heterocycles. The summed E-state index contributed by atoms with van der Waals surface area (Å²) in [7, 11) is 0. The summed E-state index contributed by atoms with van der Waals surface area (Å²) in [4.78, 5) is 22.6. The van der Waals surface area contributed by atoms with Crippen LogP contribution in [-0.2, 0) is 19.1 Å². The summed E-state index contributed by atoms with van der Waals surface area (Å²) >= 11 is 0. The minimum atomic E-state index is -0.566. The summed E-state index contributed by atoms with van der Waals surface area (Å²) in [5.41, 5.74) is 0. The molecule has 0 fully saturated rings. The Kier molecular flexibility index (Phi) is 21.5. The number of carbonyl (C=O) groups is 2. The number of ether oxygens (including phenoxy) is 2. The molecule has 29 heavy (non-hydrogen) atoms. The zero-order chi connectivity index (χ0) is 21.4. The average Bonchev–Trinajstić information content (AvgIpc) is 2.72. The van der Waals surface area contributed by atoms with Crippen LogP contribution in [0.4, 0.5) is 0 Å². The molecule has 0 aromatic carbocycles.